The summed E-state index contributed by atoms with van der Waals surface area (Å²) in [6.45, 7) is -0.633. The summed E-state index contributed by atoms with van der Waals surface area (Å²) in [4.78, 5) is 23.3. The second-order valence-electron chi connectivity index (χ2n) is 5.20. The highest BCUT2D eigenvalue weighted by Crippen LogP contribution is 2.31. The number of sulfonamides is 1. The Bertz CT molecular complexity index is 977. The van der Waals surface area contributed by atoms with E-state index in [-0.39, 0.29) is 26.2 Å². The summed E-state index contributed by atoms with van der Waals surface area (Å²) < 4.78 is 36.3. The van der Waals surface area contributed by atoms with Gasteiger partial charge in [-0.1, -0.05) is 29.3 Å². The van der Waals surface area contributed by atoms with Crippen LogP contribution in [0.25, 0.3) is 0 Å². The predicted molar refractivity (Wildman–Crippen MR) is 101 cm³/mol. The van der Waals surface area contributed by atoms with Crippen LogP contribution < -0.4 is 4.31 Å². The van der Waals surface area contributed by atoms with Gasteiger partial charge in [0.1, 0.15) is 11.4 Å². The Labute approximate surface area is 166 Å². The number of benzene rings is 2. The standard InChI is InChI=1S/C17H15Cl2NO6S/c1-25-16(21)10-20(13-5-3-4-11(8-13)17(22)26-2)27(23,24)15-9-12(18)6-7-14(15)19/h3-9H,10H2,1-2H3. The van der Waals surface area contributed by atoms with Crippen molar-refractivity contribution in [3.05, 3.63) is 58.1 Å². The van der Waals surface area contributed by atoms with Crippen molar-refractivity contribution in [2.75, 3.05) is 25.1 Å². The number of hydrogen-bond acceptors (Lipinski definition) is 6. The molecule has 0 aliphatic heterocycles. The molecule has 0 bridgehead atoms. The maximum atomic E-state index is 13.2. The number of rotatable bonds is 6. The van der Waals surface area contributed by atoms with Gasteiger partial charge in [0.15, 0.2) is 0 Å². The third kappa shape index (κ3) is 4.71. The van der Waals surface area contributed by atoms with Gasteiger partial charge in [-0.3, -0.25) is 9.10 Å². The normalized spacial score (nSPS) is 11.0. The molecule has 0 radical (unpaired) electrons. The van der Waals surface area contributed by atoms with Crippen molar-refractivity contribution in [2.24, 2.45) is 0 Å². The maximum Gasteiger partial charge on any atom is 0.337 e. The average molecular weight is 432 g/mol. The summed E-state index contributed by atoms with van der Waals surface area (Å²) in [6, 6.07) is 9.55. The molecule has 0 saturated carbocycles. The van der Waals surface area contributed by atoms with E-state index in [1.54, 1.807) is 0 Å². The zero-order chi connectivity index (χ0) is 20.2. The van der Waals surface area contributed by atoms with Gasteiger partial charge in [0.05, 0.1) is 30.5 Å². The molecule has 0 atom stereocenters. The Hall–Kier alpha value is -2.29. The molecule has 0 aliphatic carbocycles. The first kappa shape index (κ1) is 21.0. The Morgan fingerprint density at radius 3 is 2.37 bits per heavy atom. The van der Waals surface area contributed by atoms with Crippen LogP contribution in [0.1, 0.15) is 10.4 Å². The van der Waals surface area contributed by atoms with E-state index in [1.165, 1.54) is 49.6 Å². The molecule has 10 heteroatoms. The van der Waals surface area contributed by atoms with Crippen molar-refractivity contribution in [1.82, 2.24) is 0 Å². The van der Waals surface area contributed by atoms with Crippen LogP contribution in [0.4, 0.5) is 5.69 Å². The molecular formula is C17H15Cl2NO6S. The zero-order valence-electron chi connectivity index (χ0n) is 14.3. The fraction of sp³-hybridized carbons (Fsp3) is 0.176. The first-order chi connectivity index (χ1) is 12.7. The van der Waals surface area contributed by atoms with Crippen molar-refractivity contribution >= 4 is 50.9 Å². The fourth-order valence-corrected chi connectivity index (χ4v) is 4.34. The molecule has 0 saturated heterocycles. The molecule has 27 heavy (non-hydrogen) atoms. The molecule has 0 N–H and O–H groups in total. The molecule has 0 fully saturated rings. The van der Waals surface area contributed by atoms with E-state index in [2.05, 4.69) is 9.47 Å². The Kier molecular flexibility index (Phi) is 6.69. The van der Waals surface area contributed by atoms with Gasteiger partial charge in [-0.25, -0.2) is 13.2 Å². The minimum Gasteiger partial charge on any atom is -0.468 e. The molecule has 2 rings (SSSR count). The van der Waals surface area contributed by atoms with E-state index in [1.807, 2.05) is 0 Å². The second-order valence-corrected chi connectivity index (χ2v) is 7.88. The van der Waals surface area contributed by atoms with Gasteiger partial charge >= 0.3 is 11.9 Å². The number of ether oxygens (including phenoxy) is 2. The van der Waals surface area contributed by atoms with Crippen molar-refractivity contribution in [3.63, 3.8) is 0 Å². The van der Waals surface area contributed by atoms with Crippen LogP contribution in [0.5, 0.6) is 0 Å². The summed E-state index contributed by atoms with van der Waals surface area (Å²) in [5.74, 6) is -1.46. The summed E-state index contributed by atoms with van der Waals surface area (Å²) in [5.41, 5.74) is 0.164. The summed E-state index contributed by atoms with van der Waals surface area (Å²) in [6.07, 6.45) is 0. The Morgan fingerprint density at radius 2 is 1.74 bits per heavy atom. The minimum absolute atomic E-state index is 0.0549. The lowest BCUT2D eigenvalue weighted by atomic mass is 10.2. The van der Waals surface area contributed by atoms with Crippen molar-refractivity contribution < 1.29 is 27.5 Å². The van der Waals surface area contributed by atoms with Crippen LogP contribution in [0.3, 0.4) is 0 Å². The maximum absolute atomic E-state index is 13.2. The van der Waals surface area contributed by atoms with Crippen LogP contribution in [-0.2, 0) is 24.3 Å². The number of anilines is 1. The van der Waals surface area contributed by atoms with Crippen molar-refractivity contribution in [3.8, 4) is 0 Å². The molecule has 2 aromatic carbocycles. The van der Waals surface area contributed by atoms with Gasteiger partial charge in [0, 0.05) is 5.02 Å². The highest BCUT2D eigenvalue weighted by molar-refractivity contribution is 7.93. The number of carbonyl (C=O) groups is 2. The predicted octanol–water partition coefficient (Wildman–Crippen LogP) is 3.15. The number of halogens is 2. The lowest BCUT2D eigenvalue weighted by Gasteiger charge is -2.24. The first-order valence-electron chi connectivity index (χ1n) is 7.43. The van der Waals surface area contributed by atoms with Crippen molar-refractivity contribution in [2.45, 2.75) is 4.90 Å². The number of carbonyl (C=O) groups excluding carboxylic acids is 2. The largest absolute Gasteiger partial charge is 0.468 e. The molecular weight excluding hydrogens is 417 g/mol. The van der Waals surface area contributed by atoms with Gasteiger partial charge in [-0.05, 0) is 36.4 Å². The Balaban J connectivity index is 2.63. The van der Waals surface area contributed by atoms with Gasteiger partial charge in [-0.2, -0.15) is 0 Å². The monoisotopic (exact) mass is 431 g/mol. The van der Waals surface area contributed by atoms with Gasteiger partial charge in [0.2, 0.25) is 0 Å². The lowest BCUT2D eigenvalue weighted by Crippen LogP contribution is -2.36. The summed E-state index contributed by atoms with van der Waals surface area (Å²) >= 11 is 11.9. The van der Waals surface area contributed by atoms with E-state index in [9.17, 15) is 18.0 Å². The van der Waals surface area contributed by atoms with Crippen LogP contribution in [0.2, 0.25) is 10.0 Å². The average Bonchev–Trinajstić information content (AvgIpc) is 2.66. The number of methoxy groups -OCH3 is 2. The molecule has 0 spiro atoms. The van der Waals surface area contributed by atoms with E-state index < -0.39 is 28.5 Å². The molecule has 0 aliphatic rings. The minimum atomic E-state index is -4.30. The highest BCUT2D eigenvalue weighted by atomic mass is 35.5. The molecule has 0 aromatic heterocycles. The zero-order valence-corrected chi connectivity index (χ0v) is 16.6. The SMILES string of the molecule is COC(=O)CN(c1cccc(C(=O)OC)c1)S(=O)(=O)c1cc(Cl)ccc1Cl. The van der Waals surface area contributed by atoms with Crippen molar-refractivity contribution in [1.29, 1.82) is 0 Å². The number of nitrogens with zero attached hydrogens (tertiary/aromatic N) is 1. The fourth-order valence-electron chi connectivity index (χ4n) is 2.20. The van der Waals surface area contributed by atoms with E-state index >= 15 is 0 Å². The van der Waals surface area contributed by atoms with Gasteiger partial charge in [-0.15, -0.1) is 0 Å². The molecule has 0 heterocycles. The quantitative estimate of drug-likeness (QED) is 0.652. The third-order valence-corrected chi connectivity index (χ3v) is 6.01. The summed E-state index contributed by atoms with van der Waals surface area (Å²) in [5, 5.41) is 0.0812. The van der Waals surface area contributed by atoms with Gasteiger partial charge < -0.3 is 9.47 Å². The molecule has 0 unspecified atom stereocenters. The molecule has 144 valence electrons. The Morgan fingerprint density at radius 1 is 1.04 bits per heavy atom. The highest BCUT2D eigenvalue weighted by Gasteiger charge is 2.30. The topological polar surface area (TPSA) is 90.0 Å². The smallest absolute Gasteiger partial charge is 0.337 e. The number of hydrogen-bond donors (Lipinski definition) is 0. The van der Waals surface area contributed by atoms with Gasteiger partial charge in [0.25, 0.3) is 10.0 Å². The van der Waals surface area contributed by atoms with E-state index in [0.717, 1.165) is 11.4 Å². The van der Waals surface area contributed by atoms with E-state index in [0.29, 0.717) is 0 Å². The first-order valence-corrected chi connectivity index (χ1v) is 9.63. The molecule has 0 amide bonds. The van der Waals surface area contributed by atoms with Crippen LogP contribution >= 0.6 is 23.2 Å². The third-order valence-electron chi connectivity index (χ3n) is 3.52. The second kappa shape index (κ2) is 8.60. The molecule has 2 aromatic rings. The summed E-state index contributed by atoms with van der Waals surface area (Å²) in [7, 11) is -1.97. The van der Waals surface area contributed by atoms with E-state index in [4.69, 9.17) is 23.2 Å². The lowest BCUT2D eigenvalue weighted by molar-refractivity contribution is -0.138. The van der Waals surface area contributed by atoms with Crippen LogP contribution in [-0.4, -0.2) is 41.1 Å². The number of esters is 2. The molecule has 7 nitrogen and oxygen atoms in total. The van der Waals surface area contributed by atoms with Crippen LogP contribution in [0, 0.1) is 0 Å². The van der Waals surface area contributed by atoms with Crippen LogP contribution in [0.15, 0.2) is 47.4 Å².